The molecule has 0 saturated carbocycles. The van der Waals surface area contributed by atoms with Gasteiger partial charge in [-0.2, -0.15) is 0 Å². The van der Waals surface area contributed by atoms with E-state index in [9.17, 15) is 19.2 Å². The number of nitrogens with one attached hydrogen (secondary N) is 2. The van der Waals surface area contributed by atoms with Gasteiger partial charge in [-0.1, -0.05) is 6.07 Å². The maximum absolute atomic E-state index is 11.9. The van der Waals surface area contributed by atoms with Crippen LogP contribution in [-0.4, -0.2) is 43.6 Å². The predicted molar refractivity (Wildman–Crippen MR) is 78.6 cm³/mol. The van der Waals surface area contributed by atoms with Gasteiger partial charge in [0.15, 0.2) is 6.10 Å². The van der Waals surface area contributed by atoms with E-state index in [1.165, 1.54) is 20.1 Å². The SMILES string of the molecule is COc1cccc(C(=O)NCC(=O)O[C@@H](C)C(=O)NC(N)=O)c1. The van der Waals surface area contributed by atoms with Crippen LogP contribution in [0.25, 0.3) is 0 Å². The number of urea groups is 1. The van der Waals surface area contributed by atoms with Gasteiger partial charge in [-0.3, -0.25) is 19.7 Å². The Bertz CT molecular complexity index is 616. The third kappa shape index (κ3) is 6.04. The Labute approximate surface area is 132 Å². The van der Waals surface area contributed by atoms with Crippen molar-refractivity contribution in [2.45, 2.75) is 13.0 Å². The molecular weight excluding hydrogens is 306 g/mol. The van der Waals surface area contributed by atoms with Crippen LogP contribution in [0.2, 0.25) is 0 Å². The lowest BCUT2D eigenvalue weighted by atomic mass is 10.2. The number of amides is 4. The van der Waals surface area contributed by atoms with E-state index in [2.05, 4.69) is 5.32 Å². The molecule has 1 aromatic carbocycles. The fourth-order valence-electron chi connectivity index (χ4n) is 1.53. The molecule has 1 atom stereocenters. The number of imide groups is 1. The minimum absolute atomic E-state index is 0.302. The maximum Gasteiger partial charge on any atom is 0.326 e. The average Bonchev–Trinajstić information content (AvgIpc) is 2.51. The van der Waals surface area contributed by atoms with Gasteiger partial charge in [0.2, 0.25) is 0 Å². The van der Waals surface area contributed by atoms with E-state index in [4.69, 9.17) is 15.2 Å². The molecule has 124 valence electrons. The number of hydrogen-bond donors (Lipinski definition) is 3. The van der Waals surface area contributed by atoms with Gasteiger partial charge in [-0.25, -0.2) is 4.79 Å². The fraction of sp³-hybridized carbons (Fsp3) is 0.286. The average molecular weight is 323 g/mol. The van der Waals surface area contributed by atoms with Crippen LogP contribution in [0.15, 0.2) is 24.3 Å². The Morgan fingerprint density at radius 3 is 2.57 bits per heavy atom. The Kier molecular flexibility index (Phi) is 6.53. The van der Waals surface area contributed by atoms with E-state index in [0.29, 0.717) is 11.3 Å². The second kappa shape index (κ2) is 8.37. The van der Waals surface area contributed by atoms with Crippen molar-refractivity contribution in [1.29, 1.82) is 0 Å². The first-order valence-corrected chi connectivity index (χ1v) is 6.55. The van der Waals surface area contributed by atoms with Crippen molar-refractivity contribution in [3.05, 3.63) is 29.8 Å². The monoisotopic (exact) mass is 323 g/mol. The van der Waals surface area contributed by atoms with Gasteiger partial charge in [0.25, 0.3) is 11.8 Å². The largest absolute Gasteiger partial charge is 0.497 e. The summed E-state index contributed by atoms with van der Waals surface area (Å²) in [4.78, 5) is 45.2. The maximum atomic E-state index is 11.9. The molecular formula is C14H17N3O6. The highest BCUT2D eigenvalue weighted by molar-refractivity contribution is 5.98. The summed E-state index contributed by atoms with van der Waals surface area (Å²) < 4.78 is 9.73. The van der Waals surface area contributed by atoms with Crippen LogP contribution < -0.4 is 21.1 Å². The molecule has 4 N–H and O–H groups in total. The zero-order valence-corrected chi connectivity index (χ0v) is 12.6. The van der Waals surface area contributed by atoms with E-state index in [0.717, 1.165) is 0 Å². The molecule has 0 aliphatic rings. The highest BCUT2D eigenvalue weighted by Gasteiger charge is 2.19. The van der Waals surface area contributed by atoms with Gasteiger partial charge in [0, 0.05) is 5.56 Å². The van der Waals surface area contributed by atoms with Gasteiger partial charge in [-0.15, -0.1) is 0 Å². The van der Waals surface area contributed by atoms with Crippen LogP contribution >= 0.6 is 0 Å². The highest BCUT2D eigenvalue weighted by atomic mass is 16.5. The van der Waals surface area contributed by atoms with E-state index in [1.807, 2.05) is 0 Å². The lowest BCUT2D eigenvalue weighted by Gasteiger charge is -2.12. The minimum Gasteiger partial charge on any atom is -0.497 e. The number of methoxy groups -OCH3 is 1. The molecule has 0 aromatic heterocycles. The number of rotatable bonds is 6. The first-order valence-electron chi connectivity index (χ1n) is 6.55. The molecule has 0 bridgehead atoms. The second-order valence-electron chi connectivity index (χ2n) is 4.40. The molecule has 0 aliphatic carbocycles. The van der Waals surface area contributed by atoms with Crippen LogP contribution in [-0.2, 0) is 14.3 Å². The molecule has 1 aromatic rings. The molecule has 4 amide bonds. The van der Waals surface area contributed by atoms with E-state index >= 15 is 0 Å². The van der Waals surface area contributed by atoms with Gasteiger partial charge in [0.05, 0.1) is 7.11 Å². The molecule has 0 fully saturated rings. The highest BCUT2D eigenvalue weighted by Crippen LogP contribution is 2.12. The normalized spacial score (nSPS) is 11.0. The molecule has 0 heterocycles. The third-order valence-corrected chi connectivity index (χ3v) is 2.65. The summed E-state index contributed by atoms with van der Waals surface area (Å²) in [6, 6.07) is 5.30. The van der Waals surface area contributed by atoms with Crippen LogP contribution in [0.3, 0.4) is 0 Å². The van der Waals surface area contributed by atoms with E-state index < -0.39 is 36.5 Å². The molecule has 9 nitrogen and oxygen atoms in total. The molecule has 0 radical (unpaired) electrons. The minimum atomic E-state index is -1.22. The van der Waals surface area contributed by atoms with Crippen molar-refractivity contribution < 1.29 is 28.7 Å². The number of primary amides is 1. The quantitative estimate of drug-likeness (QED) is 0.607. The standard InChI is InChI=1S/C14H17N3O6/c1-8(12(19)17-14(15)21)23-11(18)7-16-13(20)9-4-3-5-10(6-9)22-2/h3-6,8H,7H2,1-2H3,(H,16,20)(H3,15,17,19,21)/t8-/m0/s1. The summed E-state index contributed by atoms with van der Waals surface area (Å²) in [6.45, 7) is 0.824. The Balaban J connectivity index is 2.47. The number of esters is 1. The number of ether oxygens (including phenoxy) is 2. The Morgan fingerprint density at radius 2 is 1.96 bits per heavy atom. The summed E-state index contributed by atoms with van der Waals surface area (Å²) >= 11 is 0. The van der Waals surface area contributed by atoms with Gasteiger partial charge < -0.3 is 20.5 Å². The molecule has 0 spiro atoms. The number of carbonyl (C=O) groups excluding carboxylic acids is 4. The fourth-order valence-corrected chi connectivity index (χ4v) is 1.53. The van der Waals surface area contributed by atoms with Crippen LogP contribution in [0.5, 0.6) is 5.75 Å². The number of carbonyl (C=O) groups is 4. The van der Waals surface area contributed by atoms with Gasteiger partial charge in [0.1, 0.15) is 12.3 Å². The first-order chi connectivity index (χ1) is 10.8. The van der Waals surface area contributed by atoms with Crippen molar-refractivity contribution in [3.63, 3.8) is 0 Å². The van der Waals surface area contributed by atoms with Crippen molar-refractivity contribution in [2.24, 2.45) is 5.73 Å². The third-order valence-electron chi connectivity index (χ3n) is 2.65. The smallest absolute Gasteiger partial charge is 0.326 e. The first kappa shape index (κ1) is 18.0. The lowest BCUT2D eigenvalue weighted by Crippen LogP contribution is -2.43. The van der Waals surface area contributed by atoms with E-state index in [1.54, 1.807) is 23.5 Å². The zero-order valence-electron chi connectivity index (χ0n) is 12.6. The van der Waals surface area contributed by atoms with Crippen molar-refractivity contribution >= 4 is 23.8 Å². The number of hydrogen-bond acceptors (Lipinski definition) is 6. The molecule has 0 aliphatic heterocycles. The number of nitrogens with two attached hydrogens (primary N) is 1. The zero-order chi connectivity index (χ0) is 17.4. The summed E-state index contributed by atoms with van der Waals surface area (Å²) in [7, 11) is 1.47. The van der Waals surface area contributed by atoms with Crippen LogP contribution in [0.4, 0.5) is 4.79 Å². The molecule has 1 rings (SSSR count). The van der Waals surface area contributed by atoms with E-state index in [-0.39, 0.29) is 0 Å². The summed E-state index contributed by atoms with van der Waals surface area (Å²) in [5.74, 6) is -1.70. The summed E-state index contributed by atoms with van der Waals surface area (Å²) in [5, 5.41) is 4.12. The van der Waals surface area contributed by atoms with Crippen LogP contribution in [0, 0.1) is 0 Å². The van der Waals surface area contributed by atoms with Gasteiger partial charge >= 0.3 is 12.0 Å². The van der Waals surface area contributed by atoms with Crippen molar-refractivity contribution in [3.8, 4) is 5.75 Å². The van der Waals surface area contributed by atoms with Crippen molar-refractivity contribution in [2.75, 3.05) is 13.7 Å². The molecule has 0 unspecified atom stereocenters. The van der Waals surface area contributed by atoms with Gasteiger partial charge in [-0.05, 0) is 25.1 Å². The lowest BCUT2D eigenvalue weighted by molar-refractivity contribution is -0.153. The Hall–Kier alpha value is -3.10. The van der Waals surface area contributed by atoms with Crippen molar-refractivity contribution in [1.82, 2.24) is 10.6 Å². The number of benzene rings is 1. The summed E-state index contributed by atoms with van der Waals surface area (Å²) in [6.07, 6.45) is -1.22. The Morgan fingerprint density at radius 1 is 1.26 bits per heavy atom. The topological polar surface area (TPSA) is 137 Å². The molecule has 0 saturated heterocycles. The van der Waals surface area contributed by atoms with Crippen LogP contribution in [0.1, 0.15) is 17.3 Å². The second-order valence-corrected chi connectivity index (χ2v) is 4.40. The molecule has 9 heteroatoms. The summed E-state index contributed by atoms with van der Waals surface area (Å²) in [5.41, 5.74) is 5.07. The predicted octanol–water partition coefficient (Wildman–Crippen LogP) is -0.448. The molecule has 23 heavy (non-hydrogen) atoms.